The lowest BCUT2D eigenvalue weighted by Gasteiger charge is -2.10. The average molecular weight is 881 g/mol. The molecule has 2 aliphatic rings. The second kappa shape index (κ2) is 18.3. The highest BCUT2D eigenvalue weighted by atomic mass is 35.5. The normalized spacial score (nSPS) is 14.0. The molecule has 0 bridgehead atoms. The van der Waals surface area contributed by atoms with Gasteiger partial charge in [0, 0.05) is 63.2 Å². The average Bonchev–Trinajstić information content (AvgIpc) is 4.24. The Morgan fingerprint density at radius 2 is 1.17 bits per heavy atom. The number of fused-ring (bicyclic) bond motifs is 4. The van der Waals surface area contributed by atoms with Crippen molar-refractivity contribution in [2.24, 2.45) is 0 Å². The third kappa shape index (κ3) is 8.35. The molecular formula is C47H49ClN12O4. The molecule has 16 nitrogen and oxygen atoms in total. The van der Waals surface area contributed by atoms with Crippen LogP contribution in [0.15, 0.2) is 108 Å². The lowest BCUT2D eigenvalue weighted by Crippen LogP contribution is -2.25. The van der Waals surface area contributed by atoms with Gasteiger partial charge in [0.15, 0.2) is 5.15 Å². The van der Waals surface area contributed by atoms with Gasteiger partial charge in [-0.05, 0) is 81.2 Å². The molecule has 9 aromatic rings. The predicted molar refractivity (Wildman–Crippen MR) is 244 cm³/mol. The molecule has 1 N–H and O–H groups in total. The number of aliphatic hydroxyl groups excluding tert-OH is 1. The number of rotatable bonds is 17. The van der Waals surface area contributed by atoms with E-state index in [1.807, 2.05) is 51.6 Å². The molecule has 17 heteroatoms. The number of hydrogen-bond donors (Lipinski definition) is 1. The first-order valence-electron chi connectivity index (χ1n) is 22.1. The fourth-order valence-corrected chi connectivity index (χ4v) is 8.87. The van der Waals surface area contributed by atoms with Gasteiger partial charge in [0.2, 0.25) is 0 Å². The number of pyridine rings is 4. The molecule has 0 saturated heterocycles. The second-order valence-electron chi connectivity index (χ2n) is 16.5. The molecule has 8 aromatic heterocycles. The van der Waals surface area contributed by atoms with Gasteiger partial charge in [-0.15, -0.1) is 0 Å². The third-order valence-electron chi connectivity index (χ3n) is 12.1. The van der Waals surface area contributed by atoms with Crippen LogP contribution in [-0.2, 0) is 37.5 Å². The minimum atomic E-state index is -0.0161. The van der Waals surface area contributed by atoms with Crippen molar-refractivity contribution in [2.45, 2.75) is 96.2 Å². The van der Waals surface area contributed by atoms with Crippen LogP contribution in [0.4, 0.5) is 0 Å². The summed E-state index contributed by atoms with van der Waals surface area (Å²) in [4.78, 5) is 53.1. The molecule has 1 aromatic carbocycles. The molecule has 0 aliphatic heterocycles. The smallest absolute Gasteiger partial charge is 0.329 e. The maximum atomic E-state index is 13.4. The van der Waals surface area contributed by atoms with Crippen LogP contribution in [0, 0.1) is 0 Å². The monoisotopic (exact) mass is 880 g/mol. The third-order valence-corrected chi connectivity index (χ3v) is 12.4. The minimum Gasteiger partial charge on any atom is -0.396 e. The van der Waals surface area contributed by atoms with E-state index >= 15 is 0 Å². The zero-order valence-corrected chi connectivity index (χ0v) is 36.2. The van der Waals surface area contributed by atoms with Crippen molar-refractivity contribution < 1.29 is 9.84 Å². The van der Waals surface area contributed by atoms with Crippen molar-refractivity contribution in [3.05, 3.63) is 141 Å². The largest absolute Gasteiger partial charge is 0.396 e. The number of ether oxygens (including phenoxy) is 1. The number of aryl methyl sites for hydroxylation is 2. The number of imidazole rings is 4. The molecule has 2 saturated carbocycles. The lowest BCUT2D eigenvalue weighted by molar-refractivity contribution is 0.116. The summed E-state index contributed by atoms with van der Waals surface area (Å²) >= 11 is 6.40. The summed E-state index contributed by atoms with van der Waals surface area (Å²) in [6.45, 7) is 3.68. The van der Waals surface area contributed by atoms with Gasteiger partial charge < -0.3 is 19.0 Å². The van der Waals surface area contributed by atoms with E-state index in [4.69, 9.17) is 31.4 Å². The van der Waals surface area contributed by atoms with Crippen molar-refractivity contribution in [1.29, 1.82) is 0 Å². The van der Waals surface area contributed by atoms with Gasteiger partial charge in [0.05, 0.1) is 71.4 Å². The number of aliphatic hydroxyl groups is 1. The summed E-state index contributed by atoms with van der Waals surface area (Å²) in [5.41, 5.74) is 8.08. The van der Waals surface area contributed by atoms with Crippen molar-refractivity contribution in [2.75, 3.05) is 13.2 Å². The minimum absolute atomic E-state index is 0.00223. The Labute approximate surface area is 372 Å². The highest BCUT2D eigenvalue weighted by molar-refractivity contribution is 6.33. The van der Waals surface area contributed by atoms with Crippen LogP contribution in [0.2, 0.25) is 5.15 Å². The van der Waals surface area contributed by atoms with Gasteiger partial charge in [0.1, 0.15) is 22.7 Å². The first-order valence-corrected chi connectivity index (χ1v) is 22.5. The van der Waals surface area contributed by atoms with Crippen LogP contribution < -0.4 is 11.4 Å². The molecule has 0 spiro atoms. The molecule has 8 heterocycles. The van der Waals surface area contributed by atoms with Gasteiger partial charge in [-0.25, -0.2) is 24.5 Å². The number of unbranched alkanes of at least 4 members (excludes halogenated alkanes) is 2. The van der Waals surface area contributed by atoms with Crippen LogP contribution in [0.5, 0.6) is 0 Å². The van der Waals surface area contributed by atoms with Gasteiger partial charge >= 0.3 is 11.4 Å². The second-order valence-corrected chi connectivity index (χ2v) is 16.9. The summed E-state index contributed by atoms with van der Waals surface area (Å²) in [6, 6.07) is 18.5. The first-order chi connectivity index (χ1) is 31.5. The number of benzene rings is 1. The summed E-state index contributed by atoms with van der Waals surface area (Å²) < 4.78 is 17.5. The van der Waals surface area contributed by atoms with Crippen LogP contribution in [0.3, 0.4) is 0 Å². The number of hydrogen-bond acceptors (Lipinski definition) is 10. The van der Waals surface area contributed by atoms with E-state index in [-0.39, 0.29) is 24.0 Å². The van der Waals surface area contributed by atoms with Gasteiger partial charge in [0.25, 0.3) is 0 Å². The molecular weight excluding hydrogens is 832 g/mol. The Balaban J connectivity index is 0.000000156. The molecule has 0 atom stereocenters. The fraction of sp³-hybridized carbons (Fsp3) is 0.362. The quantitative estimate of drug-likeness (QED) is 0.0737. The van der Waals surface area contributed by atoms with Gasteiger partial charge in [-0.1, -0.05) is 41.9 Å². The standard InChI is InChI=1S/C27H27ClN6O2.C20H22N6O2/c28-26-25-22(11-13-30-26)32(14-4-5-15-36-18-19-6-2-1-3-7-19)24(31-25)17-33-23-16-29-12-10-21(23)34(27(33)35)20-8-9-20;27-10-2-1-9-24-16-5-7-21-11-15(16)23-19(24)13-25-18-12-22-8-6-17(18)26(20(25)28)14-3-4-14/h1-3,6-7,10-13,16,20H,4-5,8-9,14-15,17-18H2;5-8,11-12,14,27H,1-4,9-10,13H2. The van der Waals surface area contributed by atoms with Crippen molar-refractivity contribution in [1.82, 2.24) is 57.3 Å². The molecule has 0 radical (unpaired) electrons. The molecule has 0 amide bonds. The van der Waals surface area contributed by atoms with Gasteiger partial charge in [-0.2, -0.15) is 0 Å². The van der Waals surface area contributed by atoms with Gasteiger partial charge in [-0.3, -0.25) is 33.2 Å². The van der Waals surface area contributed by atoms with E-state index < -0.39 is 0 Å². The zero-order chi connectivity index (χ0) is 43.6. The van der Waals surface area contributed by atoms with E-state index in [0.717, 1.165) is 115 Å². The Kier molecular flexibility index (Phi) is 11.9. The van der Waals surface area contributed by atoms with Crippen LogP contribution in [0.1, 0.15) is 80.7 Å². The van der Waals surface area contributed by atoms with Crippen molar-refractivity contribution >= 4 is 55.7 Å². The Morgan fingerprint density at radius 3 is 1.80 bits per heavy atom. The maximum absolute atomic E-state index is 13.4. The fourth-order valence-electron chi connectivity index (χ4n) is 8.67. The molecule has 64 heavy (non-hydrogen) atoms. The number of nitrogens with zero attached hydrogens (tertiary/aromatic N) is 12. The Bertz CT molecular complexity index is 3190. The van der Waals surface area contributed by atoms with E-state index in [1.54, 1.807) is 52.5 Å². The summed E-state index contributed by atoms with van der Waals surface area (Å²) in [5.74, 6) is 1.60. The molecule has 0 unspecified atom stereocenters. The molecule has 328 valence electrons. The van der Waals surface area contributed by atoms with Crippen LogP contribution >= 0.6 is 11.6 Å². The molecule has 2 fully saturated rings. The van der Waals surface area contributed by atoms with E-state index in [9.17, 15) is 9.59 Å². The van der Waals surface area contributed by atoms with Crippen LogP contribution in [-0.4, -0.2) is 75.6 Å². The Morgan fingerprint density at radius 1 is 0.609 bits per heavy atom. The van der Waals surface area contributed by atoms with Crippen molar-refractivity contribution in [3.8, 4) is 0 Å². The number of aromatic nitrogens is 12. The van der Waals surface area contributed by atoms with E-state index in [0.29, 0.717) is 43.0 Å². The topological polar surface area (TPSA) is 171 Å². The predicted octanol–water partition coefficient (Wildman–Crippen LogP) is 7.07. The number of halogens is 1. The molecule has 2 aliphatic carbocycles. The summed E-state index contributed by atoms with van der Waals surface area (Å²) in [5, 5.41) is 9.51. The molecule has 11 rings (SSSR count). The maximum Gasteiger partial charge on any atom is 0.329 e. The Hall–Kier alpha value is -6.49. The summed E-state index contributed by atoms with van der Waals surface area (Å²) in [7, 11) is 0. The van der Waals surface area contributed by atoms with Crippen molar-refractivity contribution in [3.63, 3.8) is 0 Å². The first kappa shape index (κ1) is 41.5. The lowest BCUT2D eigenvalue weighted by atomic mass is 10.2. The SMILES string of the molecule is O=c1n(Cc2nc3c(Cl)nccc3n2CCCCOCc2ccccc2)c2cnccc2n1C1CC1.O=c1n(Cc2nc3cnccc3n2CCCCO)c2cnccc2n1C1CC1. The highest BCUT2D eigenvalue weighted by Gasteiger charge is 2.31. The van der Waals surface area contributed by atoms with Crippen LogP contribution in [0.25, 0.3) is 44.1 Å². The van der Waals surface area contributed by atoms with E-state index in [1.165, 1.54) is 5.56 Å². The van der Waals surface area contributed by atoms with E-state index in [2.05, 4.69) is 41.2 Å². The summed E-state index contributed by atoms with van der Waals surface area (Å²) in [6.07, 6.45) is 19.8. The zero-order valence-electron chi connectivity index (χ0n) is 35.4. The highest BCUT2D eigenvalue weighted by Crippen LogP contribution is 2.37.